The molecule has 3 rings (SSSR count). The van der Waals surface area contributed by atoms with E-state index in [9.17, 15) is 0 Å². The standard InChI is InChI=1S/C18H29NOSi/c1-20-17-7-9-18(10-8-17)21(14-5-2-6-15-21)16-13-19-11-3-4-12-19/h7-10H,2-6,11-16H2,1H3. The van der Waals surface area contributed by atoms with Crippen molar-refractivity contribution in [2.45, 2.75) is 50.2 Å². The summed E-state index contributed by atoms with van der Waals surface area (Å²) in [5.74, 6) is 0.998. The maximum atomic E-state index is 5.34. The second-order valence-electron chi connectivity index (χ2n) is 6.87. The van der Waals surface area contributed by atoms with E-state index in [2.05, 4.69) is 29.2 Å². The number of nitrogens with zero attached hydrogens (tertiary/aromatic N) is 1. The summed E-state index contributed by atoms with van der Waals surface area (Å²) in [4.78, 5) is 2.70. The first kappa shape index (κ1) is 15.1. The molecule has 0 N–H and O–H groups in total. The number of ether oxygens (including phenoxy) is 1. The molecular weight excluding hydrogens is 274 g/mol. The van der Waals surface area contributed by atoms with Crippen LogP contribution in [0.3, 0.4) is 0 Å². The van der Waals surface area contributed by atoms with Gasteiger partial charge >= 0.3 is 0 Å². The van der Waals surface area contributed by atoms with Gasteiger partial charge in [0, 0.05) is 0 Å². The van der Waals surface area contributed by atoms with Gasteiger partial charge in [0.05, 0.1) is 15.2 Å². The second-order valence-corrected chi connectivity index (χ2v) is 11.5. The van der Waals surface area contributed by atoms with Crippen molar-refractivity contribution in [3.63, 3.8) is 0 Å². The van der Waals surface area contributed by atoms with Crippen molar-refractivity contribution in [2.75, 3.05) is 26.7 Å². The van der Waals surface area contributed by atoms with E-state index in [1.165, 1.54) is 69.9 Å². The van der Waals surface area contributed by atoms with Crippen LogP contribution in [0.15, 0.2) is 24.3 Å². The minimum Gasteiger partial charge on any atom is -0.497 e. The lowest BCUT2D eigenvalue weighted by atomic mass is 10.3. The van der Waals surface area contributed by atoms with Crippen LogP contribution in [-0.4, -0.2) is 39.7 Å². The van der Waals surface area contributed by atoms with E-state index >= 15 is 0 Å². The smallest absolute Gasteiger partial charge is 0.118 e. The van der Waals surface area contributed by atoms with Crippen LogP contribution in [0.4, 0.5) is 0 Å². The molecule has 0 saturated carbocycles. The Morgan fingerprint density at radius 3 is 2.24 bits per heavy atom. The molecule has 0 amide bonds. The lowest BCUT2D eigenvalue weighted by molar-refractivity contribution is 0.356. The van der Waals surface area contributed by atoms with E-state index in [1.54, 1.807) is 12.3 Å². The third kappa shape index (κ3) is 3.51. The van der Waals surface area contributed by atoms with Gasteiger partial charge in [-0.3, -0.25) is 0 Å². The Kier molecular flexibility index (Phi) is 5.01. The van der Waals surface area contributed by atoms with Crippen LogP contribution in [0.2, 0.25) is 18.1 Å². The van der Waals surface area contributed by atoms with Crippen LogP contribution >= 0.6 is 0 Å². The van der Waals surface area contributed by atoms with Crippen LogP contribution in [0.1, 0.15) is 32.1 Å². The summed E-state index contributed by atoms with van der Waals surface area (Å²) in [6.07, 6.45) is 7.19. The first-order valence-corrected chi connectivity index (χ1v) is 11.3. The van der Waals surface area contributed by atoms with Crippen molar-refractivity contribution >= 4 is 13.3 Å². The van der Waals surface area contributed by atoms with Gasteiger partial charge in [-0.15, -0.1) is 0 Å². The first-order valence-electron chi connectivity index (χ1n) is 8.69. The molecule has 0 spiro atoms. The fourth-order valence-corrected chi connectivity index (χ4v) is 9.32. The minimum atomic E-state index is -1.26. The largest absolute Gasteiger partial charge is 0.497 e. The van der Waals surface area contributed by atoms with Gasteiger partial charge in [-0.1, -0.05) is 48.7 Å². The molecule has 2 fully saturated rings. The molecule has 0 aromatic heterocycles. The van der Waals surface area contributed by atoms with Crippen molar-refractivity contribution in [3.8, 4) is 5.75 Å². The van der Waals surface area contributed by atoms with E-state index in [0.717, 1.165) is 5.75 Å². The van der Waals surface area contributed by atoms with E-state index in [1.807, 2.05) is 0 Å². The zero-order valence-corrected chi connectivity index (χ0v) is 14.4. The van der Waals surface area contributed by atoms with Crippen LogP contribution in [-0.2, 0) is 0 Å². The number of methoxy groups -OCH3 is 1. The highest BCUT2D eigenvalue weighted by Crippen LogP contribution is 2.32. The Hall–Kier alpha value is -0.803. The second kappa shape index (κ2) is 6.97. The van der Waals surface area contributed by atoms with Gasteiger partial charge in [0.1, 0.15) is 5.75 Å². The van der Waals surface area contributed by atoms with Gasteiger partial charge in [-0.2, -0.15) is 0 Å². The molecule has 0 atom stereocenters. The van der Waals surface area contributed by atoms with E-state index in [0.29, 0.717) is 0 Å². The Labute approximate surface area is 130 Å². The Balaban J connectivity index is 1.74. The fraction of sp³-hybridized carbons (Fsp3) is 0.667. The summed E-state index contributed by atoms with van der Waals surface area (Å²) in [5.41, 5.74) is 0. The molecule has 2 aliphatic rings. The highest BCUT2D eigenvalue weighted by Gasteiger charge is 2.36. The van der Waals surface area contributed by atoms with Crippen molar-refractivity contribution in [1.82, 2.24) is 4.90 Å². The minimum absolute atomic E-state index is 0.998. The molecule has 2 aliphatic heterocycles. The zero-order valence-electron chi connectivity index (χ0n) is 13.4. The van der Waals surface area contributed by atoms with Crippen LogP contribution in [0.5, 0.6) is 5.75 Å². The molecular formula is C18H29NOSi. The molecule has 0 bridgehead atoms. The summed E-state index contributed by atoms with van der Waals surface area (Å²) in [7, 11) is 0.501. The summed E-state index contributed by atoms with van der Waals surface area (Å²) in [6.45, 7) is 4.03. The van der Waals surface area contributed by atoms with E-state index in [-0.39, 0.29) is 0 Å². The number of likely N-dealkylation sites (tertiary alicyclic amines) is 1. The third-order valence-electron chi connectivity index (χ3n) is 5.62. The molecule has 0 aliphatic carbocycles. The number of rotatable bonds is 5. The van der Waals surface area contributed by atoms with Crippen molar-refractivity contribution in [1.29, 1.82) is 0 Å². The van der Waals surface area contributed by atoms with Gasteiger partial charge in [-0.05, 0) is 50.7 Å². The topological polar surface area (TPSA) is 12.5 Å². The number of hydrogen-bond acceptors (Lipinski definition) is 2. The van der Waals surface area contributed by atoms with Crippen molar-refractivity contribution < 1.29 is 4.74 Å². The molecule has 2 nitrogen and oxygen atoms in total. The maximum Gasteiger partial charge on any atom is 0.118 e. The highest BCUT2D eigenvalue weighted by molar-refractivity contribution is 6.92. The first-order chi connectivity index (χ1) is 10.3. The van der Waals surface area contributed by atoms with Crippen molar-refractivity contribution in [3.05, 3.63) is 24.3 Å². The molecule has 1 aromatic rings. The Morgan fingerprint density at radius 1 is 0.952 bits per heavy atom. The average Bonchev–Trinajstić information content (AvgIpc) is 3.07. The fourth-order valence-electron chi connectivity index (χ4n) is 4.23. The third-order valence-corrected chi connectivity index (χ3v) is 11.0. The molecule has 116 valence electrons. The van der Waals surface area contributed by atoms with Crippen LogP contribution in [0, 0.1) is 0 Å². The normalized spacial score (nSPS) is 22.3. The zero-order chi connectivity index (χ0) is 14.5. The molecule has 21 heavy (non-hydrogen) atoms. The summed E-state index contributed by atoms with van der Waals surface area (Å²) >= 11 is 0. The average molecular weight is 304 g/mol. The number of benzene rings is 1. The predicted octanol–water partition coefficient (Wildman–Crippen LogP) is 3.63. The quantitative estimate of drug-likeness (QED) is 0.770. The predicted molar refractivity (Wildman–Crippen MR) is 92.3 cm³/mol. The molecule has 2 saturated heterocycles. The van der Waals surface area contributed by atoms with Gasteiger partial charge in [0.25, 0.3) is 0 Å². The van der Waals surface area contributed by atoms with Crippen LogP contribution in [0.25, 0.3) is 0 Å². The summed E-state index contributed by atoms with van der Waals surface area (Å²) in [6, 6.07) is 13.6. The van der Waals surface area contributed by atoms with Gasteiger partial charge in [0.2, 0.25) is 0 Å². The Bertz CT molecular complexity index is 433. The molecule has 1 aromatic carbocycles. The Morgan fingerprint density at radius 2 is 1.62 bits per heavy atom. The van der Waals surface area contributed by atoms with Gasteiger partial charge in [-0.25, -0.2) is 0 Å². The van der Waals surface area contributed by atoms with E-state index < -0.39 is 8.07 Å². The molecule has 2 heterocycles. The lowest BCUT2D eigenvalue weighted by Crippen LogP contribution is -2.50. The molecule has 0 radical (unpaired) electrons. The molecule has 3 heteroatoms. The monoisotopic (exact) mass is 303 g/mol. The van der Waals surface area contributed by atoms with Gasteiger partial charge in [0.15, 0.2) is 0 Å². The molecule has 0 unspecified atom stereocenters. The van der Waals surface area contributed by atoms with Crippen LogP contribution < -0.4 is 9.92 Å². The summed E-state index contributed by atoms with van der Waals surface area (Å²) in [5, 5.41) is 1.68. The summed E-state index contributed by atoms with van der Waals surface area (Å²) < 4.78 is 5.34. The van der Waals surface area contributed by atoms with Gasteiger partial charge < -0.3 is 9.64 Å². The number of hydrogen-bond donors (Lipinski definition) is 0. The van der Waals surface area contributed by atoms with E-state index in [4.69, 9.17) is 4.74 Å². The lowest BCUT2D eigenvalue weighted by Gasteiger charge is -2.37. The highest BCUT2D eigenvalue weighted by atomic mass is 28.3. The maximum absolute atomic E-state index is 5.34. The SMILES string of the molecule is COc1ccc([Si]2(CCN3CCCC3)CCCCC2)cc1. The van der Waals surface area contributed by atoms with Crippen molar-refractivity contribution in [2.24, 2.45) is 0 Å².